The number of hydrogen-bond donors (Lipinski definition) is 2. The Bertz CT molecular complexity index is 2030. The predicted octanol–water partition coefficient (Wildman–Crippen LogP) is 4.66. The van der Waals surface area contributed by atoms with E-state index in [9.17, 15) is 27.2 Å². The summed E-state index contributed by atoms with van der Waals surface area (Å²) in [6, 6.07) is 12.4. The second kappa shape index (κ2) is 20.2. The average Bonchev–Trinajstić information content (AvgIpc) is 3.67. The number of alkyl carbamates (subject to hydrolysis) is 1. The first-order valence-corrected chi connectivity index (χ1v) is 24.3. The molecule has 15 heteroatoms. The molecule has 0 radical (unpaired) electrons. The molecular formula is C47H68FN7O6S. The number of hydrogen-bond acceptors (Lipinski definition) is 10. The van der Waals surface area contributed by atoms with Crippen LogP contribution in [-0.4, -0.2) is 150 Å². The molecule has 3 amide bonds. The number of nitrogens with one attached hydrogen (secondary N) is 2. The minimum absolute atomic E-state index is 0.0140. The number of likely N-dealkylation sites (tertiary alicyclic amines) is 3. The first-order valence-electron chi connectivity index (χ1n) is 22.8. The third-order valence-corrected chi connectivity index (χ3v) is 16.5. The van der Waals surface area contributed by atoms with Crippen LogP contribution in [0.5, 0.6) is 0 Å². The van der Waals surface area contributed by atoms with Crippen molar-refractivity contribution >= 4 is 33.4 Å². The van der Waals surface area contributed by atoms with Crippen molar-refractivity contribution in [1.29, 1.82) is 0 Å². The second-order valence-corrected chi connectivity index (χ2v) is 21.0. The molecule has 4 aliphatic heterocycles. The smallest absolute Gasteiger partial charge is 0.407 e. The Morgan fingerprint density at radius 3 is 2.34 bits per heavy atom. The molecule has 1 aliphatic carbocycles. The summed E-state index contributed by atoms with van der Waals surface area (Å²) >= 11 is 0. The molecule has 62 heavy (non-hydrogen) atoms. The highest BCUT2D eigenvalue weighted by Crippen LogP contribution is 2.50. The van der Waals surface area contributed by atoms with Crippen LogP contribution in [0.2, 0.25) is 0 Å². The molecule has 1 saturated carbocycles. The van der Waals surface area contributed by atoms with Crippen LogP contribution in [0.25, 0.3) is 0 Å². The van der Waals surface area contributed by atoms with Crippen molar-refractivity contribution in [3.05, 3.63) is 71.6 Å². The normalized spacial score (nSPS) is 23.3. The van der Waals surface area contributed by atoms with E-state index < -0.39 is 26.6 Å². The molecule has 4 saturated heterocycles. The van der Waals surface area contributed by atoms with Crippen molar-refractivity contribution in [1.82, 2.24) is 30.2 Å². The summed E-state index contributed by atoms with van der Waals surface area (Å²) in [5, 5.41) is 5.59. The van der Waals surface area contributed by atoms with Crippen LogP contribution >= 0.6 is 0 Å². The van der Waals surface area contributed by atoms with Crippen LogP contribution in [0.15, 0.2) is 59.5 Å². The summed E-state index contributed by atoms with van der Waals surface area (Å²) in [6.45, 7) is 10.1. The van der Waals surface area contributed by atoms with Crippen molar-refractivity contribution in [2.45, 2.75) is 86.4 Å². The van der Waals surface area contributed by atoms with Gasteiger partial charge in [0.25, 0.3) is 0 Å². The molecule has 4 heterocycles. The molecule has 7 rings (SSSR count). The Kier molecular flexibility index (Phi) is 15.0. The number of sulfone groups is 1. The fraction of sp³-hybridized carbons (Fsp3) is 0.638. The van der Waals surface area contributed by atoms with Gasteiger partial charge in [-0.2, -0.15) is 0 Å². The Hall–Kier alpha value is -4.05. The van der Waals surface area contributed by atoms with E-state index in [0.717, 1.165) is 101 Å². The average molecular weight is 878 g/mol. The zero-order valence-corrected chi connectivity index (χ0v) is 38.0. The van der Waals surface area contributed by atoms with Crippen LogP contribution < -0.4 is 15.5 Å². The van der Waals surface area contributed by atoms with E-state index >= 15 is 0 Å². The molecule has 0 aromatic heterocycles. The Labute approximate surface area is 368 Å². The highest BCUT2D eigenvalue weighted by molar-refractivity contribution is 7.92. The van der Waals surface area contributed by atoms with E-state index in [2.05, 4.69) is 25.3 Å². The molecular weight excluding hydrogens is 810 g/mol. The van der Waals surface area contributed by atoms with Crippen LogP contribution in [0.3, 0.4) is 0 Å². The molecule has 3 atom stereocenters. The molecule has 0 spiro atoms. The van der Waals surface area contributed by atoms with Crippen molar-refractivity contribution in [3.8, 4) is 0 Å². The van der Waals surface area contributed by atoms with Crippen LogP contribution in [-0.2, 0) is 36.1 Å². The van der Waals surface area contributed by atoms with E-state index in [1.807, 2.05) is 43.3 Å². The van der Waals surface area contributed by atoms with Gasteiger partial charge in [-0.05, 0) is 132 Å². The molecule has 0 bridgehead atoms. The number of anilines is 1. The molecule has 0 unspecified atom stereocenters. The predicted molar refractivity (Wildman–Crippen MR) is 239 cm³/mol. The maximum absolute atomic E-state index is 15.0. The molecule has 13 nitrogen and oxygen atoms in total. The summed E-state index contributed by atoms with van der Waals surface area (Å²) in [4.78, 5) is 49.0. The number of benzene rings is 2. The summed E-state index contributed by atoms with van der Waals surface area (Å²) in [6.07, 6.45) is 11.0. The number of amides is 3. The fourth-order valence-corrected chi connectivity index (χ4v) is 12.9. The number of carbonyl (C=O) groups is 3. The second-order valence-electron chi connectivity index (χ2n) is 18.8. The van der Waals surface area contributed by atoms with Gasteiger partial charge in [-0.3, -0.25) is 14.5 Å². The van der Waals surface area contributed by atoms with Gasteiger partial charge in [0.1, 0.15) is 11.1 Å². The summed E-state index contributed by atoms with van der Waals surface area (Å²) < 4.78 is 48.0. The molecule has 5 aliphatic rings. The van der Waals surface area contributed by atoms with Gasteiger partial charge in [0.2, 0.25) is 11.8 Å². The molecule has 340 valence electrons. The minimum atomic E-state index is -3.64. The van der Waals surface area contributed by atoms with Crippen molar-refractivity contribution in [3.63, 3.8) is 0 Å². The van der Waals surface area contributed by atoms with Crippen LogP contribution in [0.1, 0.15) is 69.4 Å². The number of ether oxygens (including phenoxy) is 1. The van der Waals surface area contributed by atoms with Crippen molar-refractivity contribution in [2.24, 2.45) is 17.8 Å². The quantitative estimate of drug-likeness (QED) is 0.230. The summed E-state index contributed by atoms with van der Waals surface area (Å²) in [7, 11) is 1.61. The van der Waals surface area contributed by atoms with Gasteiger partial charge in [-0.1, -0.05) is 31.1 Å². The van der Waals surface area contributed by atoms with Gasteiger partial charge in [-0.25, -0.2) is 17.6 Å². The maximum atomic E-state index is 15.0. The third kappa shape index (κ3) is 10.5. The number of piperidine rings is 2. The van der Waals surface area contributed by atoms with Crippen LogP contribution in [0, 0.1) is 23.6 Å². The molecule has 2 N–H and O–H groups in total. The third-order valence-electron chi connectivity index (χ3n) is 14.3. The highest BCUT2D eigenvalue weighted by atomic mass is 32.2. The van der Waals surface area contributed by atoms with E-state index in [1.165, 1.54) is 39.4 Å². The van der Waals surface area contributed by atoms with Crippen LogP contribution in [0.4, 0.5) is 14.9 Å². The topological polar surface area (TPSA) is 135 Å². The molecule has 5 fully saturated rings. The zero-order chi connectivity index (χ0) is 44.0. The SMILES string of the molecule is COC(=O)N[C@H]1CCC[C@@H]1[C@](CNC(C)=O)(c1cccc(F)c1)C1CCN(CC2CN(c3ccc(S(=O)(=O)C4CN(C(=O)/C=C/CN5CCCCC5)C4)c(CN(C)C)c3)C2)CC1. The molecule has 2 aromatic rings. The Morgan fingerprint density at radius 2 is 1.66 bits per heavy atom. The minimum Gasteiger partial charge on any atom is -0.453 e. The monoisotopic (exact) mass is 877 g/mol. The summed E-state index contributed by atoms with van der Waals surface area (Å²) in [5.41, 5.74) is 2.07. The first-order chi connectivity index (χ1) is 29.8. The lowest BCUT2D eigenvalue weighted by Gasteiger charge is -2.51. The lowest BCUT2D eigenvalue weighted by atomic mass is 9.58. The Morgan fingerprint density at radius 1 is 0.919 bits per heavy atom. The van der Waals surface area contributed by atoms with E-state index in [4.69, 9.17) is 4.74 Å². The van der Waals surface area contributed by atoms with E-state index in [1.54, 1.807) is 29.2 Å². The van der Waals surface area contributed by atoms with Gasteiger partial charge < -0.3 is 35.0 Å². The highest BCUT2D eigenvalue weighted by Gasteiger charge is 2.52. The lowest BCUT2D eigenvalue weighted by molar-refractivity contribution is -0.129. The van der Waals surface area contributed by atoms with Gasteiger partial charge >= 0.3 is 6.09 Å². The van der Waals surface area contributed by atoms with Crippen molar-refractivity contribution < 1.29 is 31.9 Å². The Balaban J connectivity index is 0.966. The summed E-state index contributed by atoms with van der Waals surface area (Å²) in [5.74, 6) is 0.0143. The van der Waals surface area contributed by atoms with Gasteiger partial charge in [0.15, 0.2) is 9.84 Å². The van der Waals surface area contributed by atoms with E-state index in [-0.39, 0.29) is 48.6 Å². The van der Waals surface area contributed by atoms with E-state index in [0.29, 0.717) is 23.9 Å². The number of halogens is 1. The van der Waals surface area contributed by atoms with Gasteiger partial charge in [0.05, 0.1) is 12.0 Å². The number of rotatable bonds is 16. The fourth-order valence-electron chi connectivity index (χ4n) is 11.1. The molecule has 2 aromatic carbocycles. The number of nitrogens with zero attached hydrogens (tertiary/aromatic N) is 5. The van der Waals surface area contributed by atoms with Crippen molar-refractivity contribution in [2.75, 3.05) is 98.1 Å². The maximum Gasteiger partial charge on any atom is 0.407 e. The first kappa shape index (κ1) is 46.0. The lowest BCUT2D eigenvalue weighted by Crippen LogP contribution is -2.58. The number of methoxy groups -OCH3 is 1. The largest absolute Gasteiger partial charge is 0.453 e. The van der Waals surface area contributed by atoms with Gasteiger partial charge in [-0.15, -0.1) is 0 Å². The standard InChI is InChI=1S/C47H68FN7O6S/c1-34(56)49-33-47(38-11-8-12-39(48)26-38,42-13-9-14-43(42)50-46(58)61-4)37-18-23-53(24-19-37)27-35-28-54(29-35)40-16-17-44(36(25-40)30-51(2)3)62(59,60)41-31-55(32-41)45(57)15-10-22-52-20-6-5-7-21-52/h8,10-12,15-17,25-26,35,37,41-43H,5-7,9,13-14,18-24,27-33H2,1-4H3,(H,49,56)(H,50,58)/b15-10+/t42-,43-,47-/m0/s1. The van der Waals surface area contributed by atoms with Gasteiger partial charge in [0, 0.05) is 88.4 Å². The zero-order valence-electron chi connectivity index (χ0n) is 37.2. The number of carbonyl (C=O) groups excluding carboxylic acids is 3.